The predicted octanol–water partition coefficient (Wildman–Crippen LogP) is 4.26. The van der Waals surface area contributed by atoms with Crippen LogP contribution < -0.4 is 10.8 Å². The Hall–Kier alpha value is -2.34. The number of hydroxylamine groups is 1. The lowest BCUT2D eigenvalue weighted by Crippen LogP contribution is -2.55. The van der Waals surface area contributed by atoms with E-state index in [-0.39, 0.29) is 11.8 Å². The van der Waals surface area contributed by atoms with E-state index in [9.17, 15) is 9.59 Å². The van der Waals surface area contributed by atoms with Gasteiger partial charge in [-0.25, -0.2) is 5.48 Å². The van der Waals surface area contributed by atoms with Gasteiger partial charge in [-0.3, -0.25) is 14.8 Å². The van der Waals surface area contributed by atoms with Gasteiger partial charge in [-0.05, 0) is 74.7 Å². The first kappa shape index (κ1) is 20.6. The second-order valence-corrected chi connectivity index (χ2v) is 10.0. The van der Waals surface area contributed by atoms with Gasteiger partial charge >= 0.3 is 0 Å². The molecular formula is C25H33N3O3. The number of carbonyl (C=O) groups is 2. The summed E-state index contributed by atoms with van der Waals surface area (Å²) in [7, 11) is 0. The van der Waals surface area contributed by atoms with Crippen molar-refractivity contribution in [3.05, 3.63) is 36.0 Å². The fraction of sp³-hybridized carbons (Fsp3) is 0.600. The zero-order chi connectivity index (χ0) is 21.4. The molecule has 1 heterocycles. The molecule has 0 saturated heterocycles. The van der Waals surface area contributed by atoms with E-state index in [1.807, 2.05) is 24.4 Å². The minimum atomic E-state index is -0.338. The Kier molecular flexibility index (Phi) is 5.74. The number of aryl methyl sites for hydroxylation is 1. The van der Waals surface area contributed by atoms with Crippen molar-refractivity contribution in [3.63, 3.8) is 0 Å². The maximum atomic E-state index is 13.4. The van der Waals surface area contributed by atoms with Gasteiger partial charge < -0.3 is 9.88 Å². The van der Waals surface area contributed by atoms with Crippen molar-refractivity contribution in [1.29, 1.82) is 0 Å². The number of rotatable bonds is 8. The number of aromatic nitrogens is 1. The lowest BCUT2D eigenvalue weighted by Gasteiger charge is -2.54. The average Bonchev–Trinajstić information content (AvgIpc) is 3.14. The number of benzene rings is 1. The normalized spacial score (nSPS) is 28.7. The number of nitrogens with zero attached hydrogens (tertiary/aromatic N) is 1. The van der Waals surface area contributed by atoms with Crippen LogP contribution in [0.1, 0.15) is 68.1 Å². The Bertz CT molecular complexity index is 938. The SMILES string of the molecule is O=C(CCCCCn1cc(C(=O)NC2C3CC4CC(C3)CC2C4)c2ccccc21)NO. The van der Waals surface area contributed by atoms with Crippen LogP contribution in [0.3, 0.4) is 0 Å². The number of carbonyl (C=O) groups excluding carboxylic acids is 2. The van der Waals surface area contributed by atoms with Gasteiger partial charge in [0.25, 0.3) is 5.91 Å². The van der Waals surface area contributed by atoms with E-state index in [0.717, 1.165) is 54.1 Å². The van der Waals surface area contributed by atoms with Crippen LogP contribution in [-0.4, -0.2) is 27.6 Å². The summed E-state index contributed by atoms with van der Waals surface area (Å²) >= 11 is 0. The van der Waals surface area contributed by atoms with Crippen molar-refractivity contribution in [2.45, 2.75) is 70.4 Å². The summed E-state index contributed by atoms with van der Waals surface area (Å²) < 4.78 is 2.17. The van der Waals surface area contributed by atoms with E-state index >= 15 is 0 Å². The molecule has 0 radical (unpaired) electrons. The van der Waals surface area contributed by atoms with Crippen molar-refractivity contribution in [1.82, 2.24) is 15.4 Å². The fourth-order valence-corrected chi connectivity index (χ4v) is 6.80. The Morgan fingerprint density at radius 3 is 2.39 bits per heavy atom. The zero-order valence-corrected chi connectivity index (χ0v) is 18.1. The molecule has 0 atom stereocenters. The molecule has 4 fully saturated rings. The third-order valence-electron chi connectivity index (χ3n) is 7.99. The number of amides is 2. The molecular weight excluding hydrogens is 390 g/mol. The molecule has 4 saturated carbocycles. The Balaban J connectivity index is 1.26. The van der Waals surface area contributed by atoms with E-state index in [4.69, 9.17) is 5.21 Å². The topological polar surface area (TPSA) is 83.4 Å². The smallest absolute Gasteiger partial charge is 0.253 e. The Labute approximate surface area is 183 Å². The first-order valence-corrected chi connectivity index (χ1v) is 11.9. The van der Waals surface area contributed by atoms with Crippen LogP contribution in [0, 0.1) is 23.7 Å². The van der Waals surface area contributed by atoms with E-state index < -0.39 is 0 Å². The number of hydrogen-bond acceptors (Lipinski definition) is 3. The van der Waals surface area contributed by atoms with Gasteiger partial charge in [0.05, 0.1) is 5.56 Å². The zero-order valence-electron chi connectivity index (χ0n) is 18.1. The molecule has 3 N–H and O–H groups in total. The molecule has 31 heavy (non-hydrogen) atoms. The third-order valence-corrected chi connectivity index (χ3v) is 7.99. The highest BCUT2D eigenvalue weighted by molar-refractivity contribution is 6.07. The number of nitrogens with one attached hydrogen (secondary N) is 2. The number of hydrogen-bond donors (Lipinski definition) is 3. The number of unbranched alkanes of at least 4 members (excludes halogenated alkanes) is 2. The molecule has 2 aromatic rings. The van der Waals surface area contributed by atoms with Crippen molar-refractivity contribution < 1.29 is 14.8 Å². The molecule has 4 aliphatic carbocycles. The molecule has 0 aliphatic heterocycles. The monoisotopic (exact) mass is 423 g/mol. The quantitative estimate of drug-likeness (QED) is 0.337. The summed E-state index contributed by atoms with van der Waals surface area (Å²) in [5.74, 6) is 2.89. The van der Waals surface area contributed by atoms with Gasteiger partial charge in [0.2, 0.25) is 5.91 Å². The second kappa shape index (κ2) is 8.65. The molecule has 0 spiro atoms. The van der Waals surface area contributed by atoms with Crippen LogP contribution in [0.2, 0.25) is 0 Å². The van der Waals surface area contributed by atoms with Crippen LogP contribution in [0.15, 0.2) is 30.5 Å². The Morgan fingerprint density at radius 1 is 0.968 bits per heavy atom. The highest BCUT2D eigenvalue weighted by Gasteiger charge is 2.48. The van der Waals surface area contributed by atoms with E-state index in [1.165, 1.54) is 32.1 Å². The predicted molar refractivity (Wildman–Crippen MR) is 119 cm³/mol. The summed E-state index contributed by atoms with van der Waals surface area (Å²) in [4.78, 5) is 24.5. The molecule has 4 aliphatic rings. The third kappa shape index (κ3) is 4.10. The molecule has 0 unspecified atom stereocenters. The minimum absolute atomic E-state index is 0.0760. The lowest BCUT2D eigenvalue weighted by molar-refractivity contribution is -0.129. The van der Waals surface area contributed by atoms with Gasteiger partial charge in [-0.1, -0.05) is 24.6 Å². The summed E-state index contributed by atoms with van der Waals surface area (Å²) in [5.41, 5.74) is 3.55. The van der Waals surface area contributed by atoms with Gasteiger partial charge in [-0.2, -0.15) is 0 Å². The highest BCUT2D eigenvalue weighted by Crippen LogP contribution is 2.53. The van der Waals surface area contributed by atoms with Crippen molar-refractivity contribution in [2.24, 2.45) is 23.7 Å². The minimum Gasteiger partial charge on any atom is -0.349 e. The number of fused-ring (bicyclic) bond motifs is 1. The molecule has 6 rings (SSSR count). The second-order valence-electron chi connectivity index (χ2n) is 10.0. The maximum absolute atomic E-state index is 13.4. The first-order valence-electron chi connectivity index (χ1n) is 11.9. The largest absolute Gasteiger partial charge is 0.349 e. The number of para-hydroxylation sites is 1. The van der Waals surface area contributed by atoms with Gasteiger partial charge in [-0.15, -0.1) is 0 Å². The molecule has 6 nitrogen and oxygen atoms in total. The highest BCUT2D eigenvalue weighted by atomic mass is 16.5. The molecule has 1 aromatic heterocycles. The lowest BCUT2D eigenvalue weighted by atomic mass is 9.54. The van der Waals surface area contributed by atoms with Crippen molar-refractivity contribution >= 4 is 22.7 Å². The van der Waals surface area contributed by atoms with Crippen LogP contribution in [0.5, 0.6) is 0 Å². The maximum Gasteiger partial charge on any atom is 0.253 e. The summed E-state index contributed by atoms with van der Waals surface area (Å²) in [6, 6.07) is 8.49. The van der Waals surface area contributed by atoms with Gasteiger partial charge in [0.15, 0.2) is 0 Å². The Morgan fingerprint density at radius 2 is 1.68 bits per heavy atom. The van der Waals surface area contributed by atoms with Crippen LogP contribution in [-0.2, 0) is 11.3 Å². The van der Waals surface area contributed by atoms with Gasteiger partial charge in [0, 0.05) is 36.1 Å². The van der Waals surface area contributed by atoms with Crippen molar-refractivity contribution in [3.8, 4) is 0 Å². The van der Waals surface area contributed by atoms with Crippen LogP contribution in [0.25, 0.3) is 10.9 Å². The first-order chi connectivity index (χ1) is 15.1. The molecule has 2 amide bonds. The average molecular weight is 424 g/mol. The van der Waals surface area contributed by atoms with E-state index in [0.29, 0.717) is 24.3 Å². The van der Waals surface area contributed by atoms with Gasteiger partial charge in [0.1, 0.15) is 0 Å². The molecule has 1 aromatic carbocycles. The molecule has 4 bridgehead atoms. The van der Waals surface area contributed by atoms with Crippen LogP contribution in [0.4, 0.5) is 0 Å². The van der Waals surface area contributed by atoms with Crippen molar-refractivity contribution in [2.75, 3.05) is 0 Å². The fourth-order valence-electron chi connectivity index (χ4n) is 6.80. The summed E-state index contributed by atoms with van der Waals surface area (Å²) in [6.45, 7) is 0.812. The molecule has 166 valence electrons. The van der Waals surface area contributed by atoms with Crippen LogP contribution >= 0.6 is 0 Å². The summed E-state index contributed by atoms with van der Waals surface area (Å²) in [5, 5.41) is 13.1. The summed E-state index contributed by atoms with van der Waals surface area (Å²) in [6.07, 6.45) is 11.5. The molecule has 6 heteroatoms. The van der Waals surface area contributed by atoms with E-state index in [2.05, 4.69) is 16.0 Å². The standard InChI is InChI=1S/C25H33N3O3/c29-23(27-31)8-2-1-5-9-28-15-21(20-6-3-4-7-22(20)28)25(30)26-24-18-11-16-10-17(13-18)14-19(24)12-16/h3-4,6-7,15-19,24,31H,1-2,5,8-14H2,(H,26,30)(H,27,29). The van der Waals surface area contributed by atoms with E-state index in [1.54, 1.807) is 5.48 Å².